The van der Waals surface area contributed by atoms with Gasteiger partial charge in [0, 0.05) is 22.9 Å². The highest BCUT2D eigenvalue weighted by atomic mass is 35.5. The molecule has 1 aromatic heterocycles. The van der Waals surface area contributed by atoms with Gasteiger partial charge in [-0.2, -0.15) is 0 Å². The van der Waals surface area contributed by atoms with Crippen LogP contribution in [-0.4, -0.2) is 22.6 Å². The number of hydrogen-bond donors (Lipinski definition) is 0. The molecule has 2 aromatic carbocycles. The van der Waals surface area contributed by atoms with E-state index in [0.29, 0.717) is 0 Å². The van der Waals surface area contributed by atoms with Gasteiger partial charge in [-0.15, -0.1) is 0 Å². The molecule has 134 valence electrons. The summed E-state index contributed by atoms with van der Waals surface area (Å²) < 4.78 is 15.6. The van der Waals surface area contributed by atoms with Gasteiger partial charge in [-0.1, -0.05) is 23.7 Å². The summed E-state index contributed by atoms with van der Waals surface area (Å²) in [5.74, 6) is -0.219. The number of likely N-dealkylation sites (tertiary alicyclic amines) is 1. The van der Waals surface area contributed by atoms with Crippen LogP contribution in [0.15, 0.2) is 54.6 Å². The third kappa shape index (κ3) is 3.42. The Morgan fingerprint density at radius 3 is 2.27 bits per heavy atom. The largest absolute Gasteiger partial charge is 0.314 e. The Kier molecular flexibility index (Phi) is 4.84. The summed E-state index contributed by atoms with van der Waals surface area (Å²) in [4.78, 5) is 2.50. The lowest BCUT2D eigenvalue weighted by Gasteiger charge is -2.15. The SMILES string of the molecule is Cc1c(CN2CCCC2)cc(-c2ccc(Cl)cc2)n1-c1ccc(F)cc1. The molecule has 1 fully saturated rings. The van der Waals surface area contributed by atoms with Gasteiger partial charge in [0.25, 0.3) is 0 Å². The topological polar surface area (TPSA) is 8.17 Å². The molecule has 3 aromatic rings. The molecule has 0 saturated carbocycles. The minimum atomic E-state index is -0.219. The second-order valence-electron chi connectivity index (χ2n) is 6.94. The monoisotopic (exact) mass is 368 g/mol. The second-order valence-corrected chi connectivity index (χ2v) is 7.38. The Morgan fingerprint density at radius 1 is 0.962 bits per heavy atom. The molecule has 1 aliphatic rings. The number of benzene rings is 2. The van der Waals surface area contributed by atoms with E-state index >= 15 is 0 Å². The highest BCUT2D eigenvalue weighted by Gasteiger charge is 2.19. The quantitative estimate of drug-likeness (QED) is 0.561. The molecule has 0 unspecified atom stereocenters. The Hall–Kier alpha value is -2.10. The first-order valence-electron chi connectivity index (χ1n) is 9.07. The summed E-state index contributed by atoms with van der Waals surface area (Å²) in [6, 6.07) is 16.9. The lowest BCUT2D eigenvalue weighted by Crippen LogP contribution is -2.18. The molecule has 0 spiro atoms. The molecule has 0 bridgehead atoms. The lowest BCUT2D eigenvalue weighted by molar-refractivity contribution is 0.330. The molecule has 4 rings (SSSR count). The second kappa shape index (κ2) is 7.26. The van der Waals surface area contributed by atoms with Crippen LogP contribution >= 0.6 is 11.6 Å². The first-order chi connectivity index (χ1) is 12.6. The van der Waals surface area contributed by atoms with Crippen molar-refractivity contribution in [3.8, 4) is 16.9 Å². The van der Waals surface area contributed by atoms with Gasteiger partial charge >= 0.3 is 0 Å². The van der Waals surface area contributed by atoms with Gasteiger partial charge in [0.1, 0.15) is 5.82 Å². The Bertz CT molecular complexity index is 891. The molecule has 0 amide bonds. The van der Waals surface area contributed by atoms with E-state index in [1.165, 1.54) is 36.2 Å². The Labute approximate surface area is 158 Å². The van der Waals surface area contributed by atoms with Crippen LogP contribution in [0.2, 0.25) is 5.02 Å². The van der Waals surface area contributed by atoms with E-state index in [9.17, 15) is 4.39 Å². The summed E-state index contributed by atoms with van der Waals surface area (Å²) in [5, 5.41) is 0.725. The van der Waals surface area contributed by atoms with Crippen molar-refractivity contribution in [1.29, 1.82) is 0 Å². The van der Waals surface area contributed by atoms with Crippen molar-refractivity contribution in [3.63, 3.8) is 0 Å². The maximum Gasteiger partial charge on any atom is 0.123 e. The molecule has 1 saturated heterocycles. The van der Waals surface area contributed by atoms with Crippen LogP contribution in [-0.2, 0) is 6.54 Å². The molecule has 0 aliphatic carbocycles. The fourth-order valence-corrected chi connectivity index (χ4v) is 3.88. The normalized spacial score (nSPS) is 14.9. The highest BCUT2D eigenvalue weighted by Crippen LogP contribution is 2.31. The summed E-state index contributed by atoms with van der Waals surface area (Å²) in [6.45, 7) is 5.43. The maximum absolute atomic E-state index is 13.4. The molecule has 4 heteroatoms. The van der Waals surface area contributed by atoms with Crippen molar-refractivity contribution in [2.24, 2.45) is 0 Å². The van der Waals surface area contributed by atoms with E-state index < -0.39 is 0 Å². The average Bonchev–Trinajstić information content (AvgIpc) is 3.26. The van der Waals surface area contributed by atoms with Gasteiger partial charge in [-0.3, -0.25) is 4.90 Å². The van der Waals surface area contributed by atoms with E-state index in [-0.39, 0.29) is 5.82 Å². The molecule has 1 aliphatic heterocycles. The van der Waals surface area contributed by atoms with Crippen molar-refractivity contribution in [2.75, 3.05) is 13.1 Å². The van der Waals surface area contributed by atoms with Gasteiger partial charge in [0.2, 0.25) is 0 Å². The minimum absolute atomic E-state index is 0.219. The van der Waals surface area contributed by atoms with Crippen molar-refractivity contribution in [3.05, 3.63) is 76.7 Å². The lowest BCUT2D eigenvalue weighted by atomic mass is 10.1. The van der Waals surface area contributed by atoms with Crippen LogP contribution in [0.1, 0.15) is 24.1 Å². The van der Waals surface area contributed by atoms with E-state index in [2.05, 4.69) is 22.5 Å². The van der Waals surface area contributed by atoms with Crippen molar-refractivity contribution in [1.82, 2.24) is 9.47 Å². The summed E-state index contributed by atoms with van der Waals surface area (Å²) in [5.41, 5.74) is 5.71. The van der Waals surface area contributed by atoms with Crippen molar-refractivity contribution < 1.29 is 4.39 Å². The predicted molar refractivity (Wildman–Crippen MR) is 105 cm³/mol. The van der Waals surface area contributed by atoms with Gasteiger partial charge in [0.05, 0.1) is 5.69 Å². The van der Waals surface area contributed by atoms with Gasteiger partial charge < -0.3 is 4.57 Å². The summed E-state index contributed by atoms with van der Waals surface area (Å²) in [6.07, 6.45) is 2.56. The number of aromatic nitrogens is 1. The fraction of sp³-hybridized carbons (Fsp3) is 0.273. The molecule has 0 radical (unpaired) electrons. The van der Waals surface area contributed by atoms with Crippen LogP contribution in [0.4, 0.5) is 4.39 Å². The van der Waals surface area contributed by atoms with Crippen LogP contribution in [0, 0.1) is 12.7 Å². The van der Waals surface area contributed by atoms with E-state index in [4.69, 9.17) is 11.6 Å². The van der Waals surface area contributed by atoms with Crippen molar-refractivity contribution in [2.45, 2.75) is 26.3 Å². The molecule has 2 heterocycles. The molecule has 26 heavy (non-hydrogen) atoms. The predicted octanol–water partition coefficient (Wildman–Crippen LogP) is 5.84. The van der Waals surface area contributed by atoms with Gasteiger partial charge in [-0.25, -0.2) is 4.39 Å². The highest BCUT2D eigenvalue weighted by molar-refractivity contribution is 6.30. The van der Waals surface area contributed by atoms with E-state index in [0.717, 1.165) is 41.6 Å². The standard InChI is InChI=1S/C22H22ClFN2/c1-16-18(15-25-12-2-3-13-25)14-22(17-4-6-19(23)7-5-17)26(16)21-10-8-20(24)9-11-21/h4-11,14H,2-3,12-13,15H2,1H3. The zero-order chi connectivity index (χ0) is 18.1. The third-order valence-electron chi connectivity index (χ3n) is 5.17. The van der Waals surface area contributed by atoms with Crippen LogP contribution in [0.5, 0.6) is 0 Å². The number of hydrogen-bond acceptors (Lipinski definition) is 1. The summed E-state index contributed by atoms with van der Waals surface area (Å²) >= 11 is 6.07. The number of rotatable bonds is 4. The van der Waals surface area contributed by atoms with Gasteiger partial charge in [0.15, 0.2) is 0 Å². The Balaban J connectivity index is 1.81. The van der Waals surface area contributed by atoms with Crippen LogP contribution in [0.3, 0.4) is 0 Å². The molecule has 2 nitrogen and oxygen atoms in total. The zero-order valence-electron chi connectivity index (χ0n) is 14.9. The number of nitrogens with zero attached hydrogens (tertiary/aromatic N) is 2. The van der Waals surface area contributed by atoms with Gasteiger partial charge in [-0.05, 0) is 86.4 Å². The first-order valence-corrected chi connectivity index (χ1v) is 9.45. The molecular formula is C22H22ClFN2. The zero-order valence-corrected chi connectivity index (χ0v) is 15.6. The minimum Gasteiger partial charge on any atom is -0.314 e. The number of halogens is 2. The smallest absolute Gasteiger partial charge is 0.123 e. The Morgan fingerprint density at radius 2 is 1.62 bits per heavy atom. The van der Waals surface area contributed by atoms with Crippen LogP contribution < -0.4 is 0 Å². The molecule has 0 atom stereocenters. The molecule has 0 N–H and O–H groups in total. The summed E-state index contributed by atoms with van der Waals surface area (Å²) in [7, 11) is 0. The third-order valence-corrected chi connectivity index (χ3v) is 5.42. The maximum atomic E-state index is 13.4. The van der Waals surface area contributed by atoms with Crippen molar-refractivity contribution >= 4 is 11.6 Å². The fourth-order valence-electron chi connectivity index (χ4n) is 3.76. The van der Waals surface area contributed by atoms with E-state index in [1.807, 2.05) is 36.4 Å². The van der Waals surface area contributed by atoms with Crippen LogP contribution in [0.25, 0.3) is 16.9 Å². The average molecular weight is 369 g/mol. The molecular weight excluding hydrogens is 347 g/mol. The van der Waals surface area contributed by atoms with E-state index in [1.54, 1.807) is 0 Å². The first kappa shape index (κ1) is 17.3.